The third kappa shape index (κ3) is 4.33. The number of benzene rings is 1. The fourth-order valence-electron chi connectivity index (χ4n) is 3.27. The SMILES string of the molecule is Cl.Cl.Cn1cc(C2CN(C(=O)c3cc(-c4ccc(Cl)cc4)on3)CC2N)cn1. The first-order valence-corrected chi connectivity index (χ1v) is 8.65. The van der Waals surface area contributed by atoms with E-state index in [9.17, 15) is 4.79 Å². The van der Waals surface area contributed by atoms with Crippen molar-refractivity contribution in [2.45, 2.75) is 12.0 Å². The van der Waals surface area contributed by atoms with Crippen molar-refractivity contribution in [2.24, 2.45) is 12.8 Å². The molecule has 2 N–H and O–H groups in total. The van der Waals surface area contributed by atoms with Crippen molar-refractivity contribution in [1.82, 2.24) is 19.8 Å². The maximum Gasteiger partial charge on any atom is 0.276 e. The largest absolute Gasteiger partial charge is 0.355 e. The molecule has 1 fully saturated rings. The summed E-state index contributed by atoms with van der Waals surface area (Å²) < 4.78 is 7.07. The van der Waals surface area contributed by atoms with Gasteiger partial charge >= 0.3 is 0 Å². The second-order valence-electron chi connectivity index (χ2n) is 6.51. The van der Waals surface area contributed by atoms with Gasteiger partial charge in [0, 0.05) is 54.9 Å². The first-order valence-electron chi connectivity index (χ1n) is 8.27. The summed E-state index contributed by atoms with van der Waals surface area (Å²) in [4.78, 5) is 14.5. The topological polar surface area (TPSA) is 90.2 Å². The summed E-state index contributed by atoms with van der Waals surface area (Å²) in [6.07, 6.45) is 3.74. The Morgan fingerprint density at radius 2 is 1.96 bits per heavy atom. The number of nitrogens with zero attached hydrogens (tertiary/aromatic N) is 4. The lowest BCUT2D eigenvalue weighted by Gasteiger charge is -2.13. The molecular weight excluding hydrogens is 425 g/mol. The van der Waals surface area contributed by atoms with E-state index in [4.69, 9.17) is 21.9 Å². The molecule has 2 unspecified atom stereocenters. The number of hydrogen-bond acceptors (Lipinski definition) is 5. The van der Waals surface area contributed by atoms with Crippen LogP contribution >= 0.6 is 36.4 Å². The van der Waals surface area contributed by atoms with Crippen LogP contribution < -0.4 is 5.73 Å². The minimum atomic E-state index is -0.184. The number of hydrogen-bond donors (Lipinski definition) is 1. The van der Waals surface area contributed by atoms with Crippen LogP contribution in [0.3, 0.4) is 0 Å². The monoisotopic (exact) mass is 443 g/mol. The Kier molecular flexibility index (Phi) is 7.11. The van der Waals surface area contributed by atoms with Gasteiger partial charge in [-0.2, -0.15) is 5.10 Å². The molecule has 0 saturated carbocycles. The van der Waals surface area contributed by atoms with E-state index in [0.717, 1.165) is 11.1 Å². The highest BCUT2D eigenvalue weighted by Crippen LogP contribution is 2.28. The zero-order valence-electron chi connectivity index (χ0n) is 15.0. The van der Waals surface area contributed by atoms with Gasteiger partial charge in [-0.15, -0.1) is 24.8 Å². The molecule has 1 saturated heterocycles. The number of aryl methyl sites for hydroxylation is 1. The number of likely N-dealkylation sites (tertiary alicyclic amines) is 1. The van der Waals surface area contributed by atoms with Gasteiger partial charge in [-0.3, -0.25) is 9.48 Å². The number of nitrogens with two attached hydrogens (primary N) is 1. The van der Waals surface area contributed by atoms with Gasteiger partial charge < -0.3 is 15.2 Å². The first kappa shape index (κ1) is 22.2. The highest BCUT2D eigenvalue weighted by atomic mass is 35.5. The van der Waals surface area contributed by atoms with Crippen LogP contribution in [-0.2, 0) is 7.05 Å². The van der Waals surface area contributed by atoms with Crippen LogP contribution in [0.15, 0.2) is 47.2 Å². The fraction of sp³-hybridized carbons (Fsp3) is 0.278. The molecule has 1 aliphatic heterocycles. The van der Waals surface area contributed by atoms with Gasteiger partial charge in [-0.05, 0) is 29.8 Å². The average molecular weight is 445 g/mol. The summed E-state index contributed by atoms with van der Waals surface area (Å²) in [6, 6.07) is 8.68. The zero-order chi connectivity index (χ0) is 18.3. The number of carbonyl (C=O) groups is 1. The van der Waals surface area contributed by atoms with Gasteiger partial charge in [0.25, 0.3) is 5.91 Å². The number of rotatable bonds is 3. The normalized spacial score (nSPS) is 18.5. The van der Waals surface area contributed by atoms with Crippen molar-refractivity contribution >= 4 is 42.3 Å². The molecule has 0 spiro atoms. The minimum absolute atomic E-state index is 0. The number of aromatic nitrogens is 3. The highest BCUT2D eigenvalue weighted by Gasteiger charge is 2.35. The van der Waals surface area contributed by atoms with E-state index in [1.807, 2.05) is 25.4 Å². The lowest BCUT2D eigenvalue weighted by atomic mass is 9.98. The summed E-state index contributed by atoms with van der Waals surface area (Å²) in [6.45, 7) is 1.01. The van der Waals surface area contributed by atoms with Gasteiger partial charge in [0.05, 0.1) is 6.20 Å². The van der Waals surface area contributed by atoms with Crippen molar-refractivity contribution in [3.8, 4) is 11.3 Å². The van der Waals surface area contributed by atoms with E-state index in [1.165, 1.54) is 0 Å². The van der Waals surface area contributed by atoms with Crippen molar-refractivity contribution in [3.63, 3.8) is 0 Å². The smallest absolute Gasteiger partial charge is 0.276 e. The Hall–Kier alpha value is -2.06. The summed E-state index contributed by atoms with van der Waals surface area (Å²) in [5.74, 6) is 0.406. The zero-order valence-corrected chi connectivity index (χ0v) is 17.4. The molecule has 4 rings (SSSR count). The van der Waals surface area contributed by atoms with Crippen LogP contribution in [0.4, 0.5) is 0 Å². The fourth-order valence-corrected chi connectivity index (χ4v) is 3.39. The summed E-state index contributed by atoms with van der Waals surface area (Å²) in [7, 11) is 1.86. The van der Waals surface area contributed by atoms with Gasteiger partial charge in [-0.25, -0.2) is 0 Å². The van der Waals surface area contributed by atoms with Crippen LogP contribution in [0.5, 0.6) is 0 Å². The summed E-state index contributed by atoms with van der Waals surface area (Å²) in [5, 5.41) is 8.75. The average Bonchev–Trinajstić information content (AvgIpc) is 3.34. The van der Waals surface area contributed by atoms with Gasteiger partial charge in [0.15, 0.2) is 11.5 Å². The lowest BCUT2D eigenvalue weighted by molar-refractivity contribution is 0.0779. The lowest BCUT2D eigenvalue weighted by Crippen LogP contribution is -2.32. The second-order valence-corrected chi connectivity index (χ2v) is 6.95. The highest BCUT2D eigenvalue weighted by molar-refractivity contribution is 6.30. The Labute approximate surface area is 179 Å². The second kappa shape index (κ2) is 8.96. The van der Waals surface area contributed by atoms with Crippen molar-refractivity contribution in [1.29, 1.82) is 0 Å². The van der Waals surface area contributed by atoms with Gasteiger partial charge in [-0.1, -0.05) is 16.8 Å². The molecule has 3 aromatic rings. The maximum atomic E-state index is 12.8. The number of carbonyl (C=O) groups excluding carboxylic acids is 1. The Morgan fingerprint density at radius 1 is 1.25 bits per heavy atom. The van der Waals surface area contributed by atoms with Crippen LogP contribution in [0, 0.1) is 0 Å². The van der Waals surface area contributed by atoms with E-state index in [1.54, 1.807) is 34.0 Å². The molecule has 0 aliphatic carbocycles. The predicted molar refractivity (Wildman–Crippen MR) is 111 cm³/mol. The molecule has 150 valence electrons. The van der Waals surface area contributed by atoms with E-state index in [2.05, 4.69) is 10.3 Å². The van der Waals surface area contributed by atoms with Crippen LogP contribution in [0.1, 0.15) is 22.0 Å². The van der Waals surface area contributed by atoms with E-state index in [0.29, 0.717) is 23.9 Å². The molecule has 1 aromatic carbocycles. The third-order valence-electron chi connectivity index (χ3n) is 4.66. The molecule has 3 heterocycles. The summed E-state index contributed by atoms with van der Waals surface area (Å²) >= 11 is 5.90. The Morgan fingerprint density at radius 3 is 2.61 bits per heavy atom. The standard InChI is InChI=1S/C18H18ClN5O2.2ClH/c1-23-8-12(7-21-23)14-9-24(10-15(14)20)18(25)16-6-17(26-22-16)11-2-4-13(19)5-3-11;;/h2-8,14-15H,9-10,20H2,1H3;2*1H. The maximum absolute atomic E-state index is 12.8. The van der Waals surface area contributed by atoms with Gasteiger partial charge in [0.2, 0.25) is 0 Å². The molecule has 0 radical (unpaired) electrons. The Bertz CT molecular complexity index is 941. The molecule has 2 aromatic heterocycles. The molecule has 2 atom stereocenters. The number of amides is 1. The minimum Gasteiger partial charge on any atom is -0.355 e. The van der Waals surface area contributed by atoms with Crippen LogP contribution in [0.2, 0.25) is 5.02 Å². The van der Waals surface area contributed by atoms with Crippen molar-refractivity contribution < 1.29 is 9.32 Å². The molecule has 1 aliphatic rings. The van der Waals surface area contributed by atoms with E-state index < -0.39 is 0 Å². The molecule has 28 heavy (non-hydrogen) atoms. The molecular formula is C18H20Cl3N5O2. The molecule has 0 bridgehead atoms. The van der Waals surface area contributed by atoms with E-state index in [-0.39, 0.29) is 48.4 Å². The quantitative estimate of drug-likeness (QED) is 0.670. The first-order chi connectivity index (χ1) is 12.5. The van der Waals surface area contributed by atoms with E-state index >= 15 is 0 Å². The Balaban J connectivity index is 0.00000140. The summed E-state index contributed by atoms with van der Waals surface area (Å²) in [5.41, 5.74) is 8.37. The van der Waals surface area contributed by atoms with Crippen molar-refractivity contribution in [2.75, 3.05) is 13.1 Å². The third-order valence-corrected chi connectivity index (χ3v) is 4.92. The molecule has 1 amide bonds. The van der Waals surface area contributed by atoms with Gasteiger partial charge in [0.1, 0.15) is 0 Å². The van der Waals surface area contributed by atoms with Crippen molar-refractivity contribution in [3.05, 3.63) is 59.0 Å². The predicted octanol–water partition coefficient (Wildman–Crippen LogP) is 3.14. The van der Waals surface area contributed by atoms with Crippen LogP contribution in [-0.4, -0.2) is 44.9 Å². The molecule has 7 nitrogen and oxygen atoms in total. The number of halogens is 3. The van der Waals surface area contributed by atoms with Crippen LogP contribution in [0.25, 0.3) is 11.3 Å². The molecule has 10 heteroatoms.